The molecule has 3 rings (SSSR count). The van der Waals surface area contributed by atoms with Gasteiger partial charge in [0.15, 0.2) is 0 Å². The Balaban J connectivity index is 1.87. The van der Waals surface area contributed by atoms with Gasteiger partial charge in [-0.15, -0.1) is 0 Å². The van der Waals surface area contributed by atoms with Crippen molar-refractivity contribution < 1.29 is 24.1 Å². The highest BCUT2D eigenvalue weighted by atomic mass is 19.1. The van der Waals surface area contributed by atoms with Gasteiger partial charge in [-0.3, -0.25) is 0 Å². The van der Waals surface area contributed by atoms with Crippen LogP contribution in [0.1, 0.15) is 46.1 Å². The minimum absolute atomic E-state index is 0.183. The van der Waals surface area contributed by atoms with Crippen LogP contribution in [-0.2, 0) is 11.2 Å². The number of hydrogen-bond donors (Lipinski definition) is 2. The summed E-state index contributed by atoms with van der Waals surface area (Å²) in [5.41, 5.74) is 2.78. The van der Waals surface area contributed by atoms with Gasteiger partial charge in [0.2, 0.25) is 6.29 Å². The zero-order valence-corrected chi connectivity index (χ0v) is 18.2. The highest BCUT2D eigenvalue weighted by Crippen LogP contribution is 2.34. The first-order valence-electron chi connectivity index (χ1n) is 10.9. The van der Waals surface area contributed by atoms with Gasteiger partial charge in [0.05, 0.1) is 12.2 Å². The molecule has 4 nitrogen and oxygen atoms in total. The zero-order chi connectivity index (χ0) is 21.8. The van der Waals surface area contributed by atoms with Crippen molar-refractivity contribution in [1.29, 1.82) is 0 Å². The molecule has 1 aliphatic rings. The Bertz CT molecular complexity index is 838. The number of aliphatic hydroxyl groups excluding tert-OH is 2. The third kappa shape index (κ3) is 5.20. The molecule has 2 aromatic carbocycles. The van der Waals surface area contributed by atoms with E-state index in [4.69, 9.17) is 9.47 Å². The summed E-state index contributed by atoms with van der Waals surface area (Å²) in [5, 5.41) is 21.0. The van der Waals surface area contributed by atoms with Crippen LogP contribution in [0.25, 0.3) is 11.1 Å². The molecule has 0 aromatic heterocycles. The van der Waals surface area contributed by atoms with E-state index in [1.165, 1.54) is 12.1 Å². The van der Waals surface area contributed by atoms with Gasteiger partial charge in [0.1, 0.15) is 17.7 Å². The number of hydrogen-bond acceptors (Lipinski definition) is 4. The average Bonchev–Trinajstić information content (AvgIpc) is 2.71. The van der Waals surface area contributed by atoms with Crippen LogP contribution in [0.4, 0.5) is 4.39 Å². The molecule has 0 spiro atoms. The summed E-state index contributed by atoms with van der Waals surface area (Å²) in [7, 11) is 0. The van der Waals surface area contributed by atoms with E-state index in [0.717, 1.165) is 36.0 Å². The first kappa shape index (κ1) is 22.7. The summed E-state index contributed by atoms with van der Waals surface area (Å²) in [6, 6.07) is 12.2. The number of benzene rings is 2. The fraction of sp³-hybridized carbons (Fsp3) is 0.520. The number of aliphatic hydroxyl groups is 2. The zero-order valence-electron chi connectivity index (χ0n) is 18.2. The molecule has 30 heavy (non-hydrogen) atoms. The molecule has 2 N–H and O–H groups in total. The molecule has 5 heteroatoms. The molecule has 0 aliphatic carbocycles. The molecule has 0 radical (unpaired) electrons. The van der Waals surface area contributed by atoms with E-state index < -0.39 is 18.5 Å². The molecule has 1 heterocycles. The van der Waals surface area contributed by atoms with Crippen LogP contribution < -0.4 is 4.74 Å². The van der Waals surface area contributed by atoms with E-state index in [1.54, 1.807) is 6.07 Å². The average molecular weight is 417 g/mol. The lowest BCUT2D eigenvalue weighted by Gasteiger charge is -2.42. The summed E-state index contributed by atoms with van der Waals surface area (Å²) in [4.78, 5) is 0. The maximum Gasteiger partial charge on any atom is 0.228 e. The van der Waals surface area contributed by atoms with Crippen LogP contribution in [0, 0.1) is 17.7 Å². The molecule has 1 saturated heterocycles. The van der Waals surface area contributed by atoms with E-state index in [-0.39, 0.29) is 17.8 Å². The van der Waals surface area contributed by atoms with Crippen molar-refractivity contribution in [1.82, 2.24) is 0 Å². The smallest absolute Gasteiger partial charge is 0.228 e. The van der Waals surface area contributed by atoms with E-state index in [2.05, 4.69) is 20.8 Å². The quantitative estimate of drug-likeness (QED) is 0.670. The number of rotatable bonds is 7. The number of halogens is 1. The van der Waals surface area contributed by atoms with Crippen molar-refractivity contribution in [3.05, 3.63) is 53.8 Å². The Morgan fingerprint density at radius 3 is 2.53 bits per heavy atom. The van der Waals surface area contributed by atoms with E-state index in [0.29, 0.717) is 11.7 Å². The summed E-state index contributed by atoms with van der Waals surface area (Å²) in [6.45, 7) is 8.18. The van der Waals surface area contributed by atoms with Crippen LogP contribution in [-0.4, -0.2) is 34.8 Å². The highest BCUT2D eigenvalue weighted by Gasteiger charge is 2.43. The van der Waals surface area contributed by atoms with Crippen LogP contribution in [0.5, 0.6) is 5.75 Å². The van der Waals surface area contributed by atoms with E-state index >= 15 is 0 Å². The first-order valence-corrected chi connectivity index (χ1v) is 10.9. The van der Waals surface area contributed by atoms with E-state index in [1.807, 2.05) is 31.2 Å². The van der Waals surface area contributed by atoms with Gasteiger partial charge < -0.3 is 19.7 Å². The molecule has 0 unspecified atom stereocenters. The van der Waals surface area contributed by atoms with Crippen LogP contribution >= 0.6 is 0 Å². The second-order valence-corrected chi connectivity index (χ2v) is 8.71. The Morgan fingerprint density at radius 1 is 1.10 bits per heavy atom. The van der Waals surface area contributed by atoms with Gasteiger partial charge in [-0.1, -0.05) is 52.3 Å². The largest absolute Gasteiger partial charge is 0.462 e. The molecule has 0 amide bonds. The Morgan fingerprint density at radius 2 is 1.87 bits per heavy atom. The SMILES string of the molecule is CCCc1ccc(O[C@H]2O[C@H](CC(C)C)[C@H](C)[C@@H](O)[C@H]2O)cc1-c1cccc(F)c1. The van der Waals surface area contributed by atoms with Crippen LogP contribution in [0.2, 0.25) is 0 Å². The van der Waals surface area contributed by atoms with Gasteiger partial charge in [-0.05, 0) is 59.7 Å². The summed E-state index contributed by atoms with van der Waals surface area (Å²) in [6.07, 6.45) is -0.622. The molecule has 1 fully saturated rings. The lowest BCUT2D eigenvalue weighted by Crippen LogP contribution is -2.55. The van der Waals surface area contributed by atoms with Gasteiger partial charge >= 0.3 is 0 Å². The summed E-state index contributed by atoms with van der Waals surface area (Å²) in [5.74, 6) is 0.439. The topological polar surface area (TPSA) is 58.9 Å². The maximum absolute atomic E-state index is 13.8. The third-order valence-corrected chi connectivity index (χ3v) is 5.76. The Kier molecular flexibility index (Phi) is 7.50. The molecule has 2 aromatic rings. The molecule has 164 valence electrons. The minimum atomic E-state index is -1.14. The summed E-state index contributed by atoms with van der Waals surface area (Å²) < 4.78 is 25.9. The lowest BCUT2D eigenvalue weighted by molar-refractivity contribution is -0.257. The van der Waals surface area contributed by atoms with Crippen molar-refractivity contribution in [2.45, 2.75) is 71.6 Å². The third-order valence-electron chi connectivity index (χ3n) is 5.76. The first-order chi connectivity index (χ1) is 14.3. The van der Waals surface area contributed by atoms with Crippen molar-refractivity contribution in [2.75, 3.05) is 0 Å². The van der Waals surface area contributed by atoms with E-state index in [9.17, 15) is 14.6 Å². The Hall–Kier alpha value is -1.95. The number of ether oxygens (including phenoxy) is 2. The van der Waals surface area contributed by atoms with Gasteiger partial charge in [0.25, 0.3) is 0 Å². The molecular formula is C25H33FO4. The van der Waals surface area contributed by atoms with Gasteiger partial charge in [-0.25, -0.2) is 4.39 Å². The predicted octanol–water partition coefficient (Wildman–Crippen LogP) is 4.95. The minimum Gasteiger partial charge on any atom is -0.462 e. The molecule has 0 bridgehead atoms. The van der Waals surface area contributed by atoms with Crippen molar-refractivity contribution in [3.63, 3.8) is 0 Å². The normalized spacial score (nSPS) is 26.7. The van der Waals surface area contributed by atoms with Crippen molar-refractivity contribution in [2.24, 2.45) is 11.8 Å². The lowest BCUT2D eigenvalue weighted by atomic mass is 9.86. The standard InChI is InChI=1S/C25H33FO4/c1-5-7-17-10-11-20(14-21(17)18-8-6-9-19(26)13-18)29-25-24(28)23(27)16(4)22(30-25)12-15(2)3/h6,8-11,13-16,22-25,27-28H,5,7,12H2,1-4H3/t16-,22+,23+,24+,25-/m0/s1. The molecule has 1 aliphatic heterocycles. The van der Waals surface area contributed by atoms with Crippen LogP contribution in [0.3, 0.4) is 0 Å². The highest BCUT2D eigenvalue weighted by molar-refractivity contribution is 5.69. The second kappa shape index (κ2) is 9.90. The predicted molar refractivity (Wildman–Crippen MR) is 116 cm³/mol. The van der Waals surface area contributed by atoms with Crippen molar-refractivity contribution >= 4 is 0 Å². The number of aryl methyl sites for hydroxylation is 1. The van der Waals surface area contributed by atoms with Gasteiger partial charge in [-0.2, -0.15) is 0 Å². The van der Waals surface area contributed by atoms with Crippen molar-refractivity contribution in [3.8, 4) is 16.9 Å². The summed E-state index contributed by atoms with van der Waals surface area (Å²) >= 11 is 0. The maximum atomic E-state index is 13.8. The Labute approximate surface area is 178 Å². The fourth-order valence-electron chi connectivity index (χ4n) is 4.08. The molecule has 5 atom stereocenters. The monoisotopic (exact) mass is 416 g/mol. The second-order valence-electron chi connectivity index (χ2n) is 8.71. The molecule has 0 saturated carbocycles. The van der Waals surface area contributed by atoms with Crippen LogP contribution in [0.15, 0.2) is 42.5 Å². The molecular weight excluding hydrogens is 383 g/mol. The van der Waals surface area contributed by atoms with Gasteiger partial charge in [0, 0.05) is 5.92 Å². The fourth-order valence-corrected chi connectivity index (χ4v) is 4.08.